The van der Waals surface area contributed by atoms with Gasteiger partial charge in [0.1, 0.15) is 11.5 Å². The van der Waals surface area contributed by atoms with Crippen molar-refractivity contribution in [1.82, 2.24) is 0 Å². The zero-order valence-electron chi connectivity index (χ0n) is 10.4. The minimum Gasteiger partial charge on any atom is -0.496 e. The number of aliphatic hydroxyl groups excluding tert-OH is 1. The van der Waals surface area contributed by atoms with Crippen molar-refractivity contribution in [1.29, 1.82) is 0 Å². The largest absolute Gasteiger partial charge is 0.496 e. The van der Waals surface area contributed by atoms with E-state index >= 15 is 0 Å². The van der Waals surface area contributed by atoms with Gasteiger partial charge in [-0.05, 0) is 17.7 Å². The normalized spacial score (nSPS) is 12.2. The van der Waals surface area contributed by atoms with Crippen molar-refractivity contribution in [3.05, 3.63) is 46.2 Å². The van der Waals surface area contributed by atoms with Gasteiger partial charge in [-0.1, -0.05) is 18.2 Å². The number of hydrogen-bond acceptors (Lipinski definition) is 4. The highest BCUT2D eigenvalue weighted by molar-refractivity contribution is 7.10. The van der Waals surface area contributed by atoms with Crippen LogP contribution in [0.4, 0.5) is 0 Å². The SMILES string of the molecule is COc1csc(C(O)Cc2ccccc2OC)c1. The van der Waals surface area contributed by atoms with E-state index in [1.54, 1.807) is 14.2 Å². The smallest absolute Gasteiger partial charge is 0.129 e. The van der Waals surface area contributed by atoms with Gasteiger partial charge in [-0.25, -0.2) is 0 Å². The van der Waals surface area contributed by atoms with Crippen LogP contribution in [0.2, 0.25) is 0 Å². The molecule has 1 atom stereocenters. The molecule has 3 nitrogen and oxygen atoms in total. The van der Waals surface area contributed by atoms with Crippen molar-refractivity contribution in [2.45, 2.75) is 12.5 Å². The molecule has 0 radical (unpaired) electrons. The van der Waals surface area contributed by atoms with Crippen LogP contribution in [0.25, 0.3) is 0 Å². The number of aliphatic hydroxyl groups is 1. The van der Waals surface area contributed by atoms with Gasteiger partial charge in [-0.2, -0.15) is 0 Å². The van der Waals surface area contributed by atoms with E-state index in [-0.39, 0.29) is 0 Å². The Morgan fingerprint density at radius 2 is 2.00 bits per heavy atom. The first-order valence-corrected chi connectivity index (χ1v) is 6.55. The molecule has 18 heavy (non-hydrogen) atoms. The van der Waals surface area contributed by atoms with Gasteiger partial charge in [0.25, 0.3) is 0 Å². The number of para-hydroxylation sites is 1. The molecule has 0 spiro atoms. The Bertz CT molecular complexity index is 507. The molecule has 0 fully saturated rings. The van der Waals surface area contributed by atoms with Gasteiger partial charge in [0.2, 0.25) is 0 Å². The van der Waals surface area contributed by atoms with Crippen molar-refractivity contribution in [2.75, 3.05) is 14.2 Å². The van der Waals surface area contributed by atoms with Crippen LogP contribution in [0, 0.1) is 0 Å². The molecule has 1 unspecified atom stereocenters. The average molecular weight is 264 g/mol. The molecule has 2 rings (SSSR count). The maximum atomic E-state index is 10.2. The van der Waals surface area contributed by atoms with E-state index in [4.69, 9.17) is 9.47 Å². The van der Waals surface area contributed by atoms with E-state index in [0.717, 1.165) is 21.9 Å². The lowest BCUT2D eigenvalue weighted by molar-refractivity contribution is 0.181. The van der Waals surface area contributed by atoms with Crippen LogP contribution >= 0.6 is 11.3 Å². The lowest BCUT2D eigenvalue weighted by Gasteiger charge is -2.11. The summed E-state index contributed by atoms with van der Waals surface area (Å²) >= 11 is 1.50. The van der Waals surface area contributed by atoms with Crippen LogP contribution in [0.5, 0.6) is 11.5 Å². The molecular formula is C14H16O3S. The van der Waals surface area contributed by atoms with Gasteiger partial charge in [0, 0.05) is 16.7 Å². The molecule has 1 heterocycles. The number of methoxy groups -OCH3 is 2. The molecule has 1 aromatic carbocycles. The summed E-state index contributed by atoms with van der Waals surface area (Å²) in [5.41, 5.74) is 1.000. The number of hydrogen-bond donors (Lipinski definition) is 1. The van der Waals surface area contributed by atoms with E-state index in [1.165, 1.54) is 11.3 Å². The van der Waals surface area contributed by atoms with Crippen molar-refractivity contribution in [3.63, 3.8) is 0 Å². The molecule has 0 bridgehead atoms. The second-order valence-corrected chi connectivity index (χ2v) is 4.86. The Labute approximate surface area is 111 Å². The molecule has 4 heteroatoms. The maximum Gasteiger partial charge on any atom is 0.129 e. The maximum absolute atomic E-state index is 10.2. The summed E-state index contributed by atoms with van der Waals surface area (Å²) in [6.07, 6.45) is 0.00318. The van der Waals surface area contributed by atoms with E-state index in [1.807, 2.05) is 35.7 Å². The lowest BCUT2D eigenvalue weighted by atomic mass is 10.1. The van der Waals surface area contributed by atoms with Gasteiger partial charge < -0.3 is 14.6 Å². The quantitative estimate of drug-likeness (QED) is 0.902. The second kappa shape index (κ2) is 5.89. The monoisotopic (exact) mass is 264 g/mol. The third-order valence-electron chi connectivity index (χ3n) is 2.77. The summed E-state index contributed by atoms with van der Waals surface area (Å²) < 4.78 is 10.4. The minimum atomic E-state index is -0.532. The zero-order chi connectivity index (χ0) is 13.0. The minimum absolute atomic E-state index is 0.532. The summed E-state index contributed by atoms with van der Waals surface area (Å²) in [5.74, 6) is 1.59. The summed E-state index contributed by atoms with van der Waals surface area (Å²) in [4.78, 5) is 0.901. The number of thiophene rings is 1. The first kappa shape index (κ1) is 12.9. The summed E-state index contributed by atoms with van der Waals surface area (Å²) in [5, 5.41) is 12.1. The van der Waals surface area contributed by atoms with Crippen LogP contribution in [0.15, 0.2) is 35.7 Å². The molecule has 0 aliphatic carbocycles. The van der Waals surface area contributed by atoms with E-state index < -0.39 is 6.10 Å². The van der Waals surface area contributed by atoms with Crippen LogP contribution in [0.1, 0.15) is 16.5 Å². The zero-order valence-corrected chi connectivity index (χ0v) is 11.2. The molecule has 0 aliphatic rings. The fraction of sp³-hybridized carbons (Fsp3) is 0.286. The Morgan fingerprint density at radius 3 is 2.67 bits per heavy atom. The molecule has 2 aromatic rings. The molecule has 1 aromatic heterocycles. The van der Waals surface area contributed by atoms with Crippen molar-refractivity contribution in [2.24, 2.45) is 0 Å². The summed E-state index contributed by atoms with van der Waals surface area (Å²) in [6, 6.07) is 9.59. The summed E-state index contributed by atoms with van der Waals surface area (Å²) in [7, 11) is 3.26. The van der Waals surface area contributed by atoms with Crippen molar-refractivity contribution < 1.29 is 14.6 Å². The lowest BCUT2D eigenvalue weighted by Crippen LogP contribution is -2.01. The average Bonchev–Trinajstić information content (AvgIpc) is 2.88. The third-order valence-corrected chi connectivity index (χ3v) is 3.78. The molecule has 96 valence electrons. The number of ether oxygens (including phenoxy) is 2. The first-order chi connectivity index (χ1) is 8.74. The standard InChI is InChI=1S/C14H16O3S/c1-16-11-8-14(18-9-11)12(15)7-10-5-3-4-6-13(10)17-2/h3-6,8-9,12,15H,7H2,1-2H3. The van der Waals surface area contributed by atoms with Crippen LogP contribution in [0.3, 0.4) is 0 Å². The highest BCUT2D eigenvalue weighted by Gasteiger charge is 2.14. The van der Waals surface area contributed by atoms with Gasteiger partial charge in [0.15, 0.2) is 0 Å². The molecule has 0 amide bonds. The van der Waals surface area contributed by atoms with Gasteiger partial charge in [-0.15, -0.1) is 11.3 Å². The second-order valence-electron chi connectivity index (χ2n) is 3.92. The molecule has 0 saturated heterocycles. The number of rotatable bonds is 5. The molecular weight excluding hydrogens is 248 g/mol. The predicted octanol–water partition coefficient (Wildman–Crippen LogP) is 3.04. The van der Waals surface area contributed by atoms with Crippen LogP contribution < -0.4 is 9.47 Å². The number of benzene rings is 1. The van der Waals surface area contributed by atoms with Gasteiger partial charge in [0.05, 0.1) is 20.3 Å². The van der Waals surface area contributed by atoms with Crippen LogP contribution in [-0.2, 0) is 6.42 Å². The van der Waals surface area contributed by atoms with Crippen molar-refractivity contribution >= 4 is 11.3 Å². The Balaban J connectivity index is 2.13. The highest BCUT2D eigenvalue weighted by Crippen LogP contribution is 2.30. The Kier molecular flexibility index (Phi) is 4.23. The first-order valence-electron chi connectivity index (χ1n) is 5.67. The van der Waals surface area contributed by atoms with Gasteiger partial charge in [-0.3, -0.25) is 0 Å². The van der Waals surface area contributed by atoms with E-state index in [0.29, 0.717) is 6.42 Å². The van der Waals surface area contributed by atoms with E-state index in [2.05, 4.69) is 0 Å². The predicted molar refractivity (Wildman–Crippen MR) is 72.5 cm³/mol. The Hall–Kier alpha value is -1.52. The van der Waals surface area contributed by atoms with Crippen molar-refractivity contribution in [3.8, 4) is 11.5 Å². The fourth-order valence-electron chi connectivity index (χ4n) is 1.80. The summed E-state index contributed by atoms with van der Waals surface area (Å²) in [6.45, 7) is 0. The molecule has 1 N–H and O–H groups in total. The molecule has 0 aliphatic heterocycles. The molecule has 0 saturated carbocycles. The van der Waals surface area contributed by atoms with Gasteiger partial charge >= 0.3 is 0 Å². The topological polar surface area (TPSA) is 38.7 Å². The van der Waals surface area contributed by atoms with Crippen LogP contribution in [-0.4, -0.2) is 19.3 Å². The third kappa shape index (κ3) is 2.83. The Morgan fingerprint density at radius 1 is 1.22 bits per heavy atom. The van der Waals surface area contributed by atoms with E-state index in [9.17, 15) is 5.11 Å². The fourth-order valence-corrected chi connectivity index (χ4v) is 2.64. The highest BCUT2D eigenvalue weighted by atomic mass is 32.1.